The number of rotatable bonds is 5. The molecule has 0 aromatic heterocycles. The van der Waals surface area contributed by atoms with Crippen molar-refractivity contribution in [1.29, 1.82) is 0 Å². The molecule has 2 N–H and O–H groups in total. The molecule has 6 rings (SSSR count). The molecular weight excluding hydrogens is 482 g/mol. The maximum absolute atomic E-state index is 11.1. The first kappa shape index (κ1) is 25.5. The number of likely N-dealkylation sites (tertiary alicyclic amines) is 1. The lowest BCUT2D eigenvalue weighted by Gasteiger charge is -2.54. The lowest BCUT2D eigenvalue weighted by atomic mass is 9.51. The Hall–Kier alpha value is -1.75. The van der Waals surface area contributed by atoms with Crippen LogP contribution in [0.15, 0.2) is 36.4 Å². The van der Waals surface area contributed by atoms with Gasteiger partial charge in [0, 0.05) is 6.54 Å². The van der Waals surface area contributed by atoms with Crippen molar-refractivity contribution in [1.82, 2.24) is 4.90 Å². The van der Waals surface area contributed by atoms with Crippen molar-refractivity contribution < 1.29 is 14.9 Å². The average molecular weight is 524 g/mol. The van der Waals surface area contributed by atoms with Crippen LogP contribution in [0, 0.1) is 17.3 Å². The molecule has 1 heterocycles. The highest BCUT2D eigenvalue weighted by Gasteiger charge is 2.57. The van der Waals surface area contributed by atoms with Crippen LogP contribution in [0.4, 0.5) is 0 Å². The topological polar surface area (TPSA) is 52.9 Å². The molecule has 0 spiro atoms. The van der Waals surface area contributed by atoms with E-state index in [0.29, 0.717) is 28.7 Å². The summed E-state index contributed by atoms with van der Waals surface area (Å²) < 4.78 is 6.16. The summed E-state index contributed by atoms with van der Waals surface area (Å²) >= 11 is 6.62. The third-order valence-electron chi connectivity index (χ3n) is 10.5. The SMILES string of the molecule is C[C@]12C[C@H](c3ccc(OCCN4CCCCCC4)cc3)[C@@H]3c4ccc(O)c(Cl)c4CC[C@H]3[C@@H]1CCC2O. The van der Waals surface area contributed by atoms with Gasteiger partial charge in [-0.2, -0.15) is 0 Å². The maximum atomic E-state index is 11.1. The molecule has 2 aromatic rings. The summed E-state index contributed by atoms with van der Waals surface area (Å²) in [6.45, 7) is 6.45. The molecular formula is C32H42ClNO3. The minimum Gasteiger partial charge on any atom is -0.506 e. The standard InChI is InChI=1S/C32H42ClNO3/c1-32-20-26(21-6-8-22(9-7-21)37-19-18-34-16-4-2-3-5-17-34)30-23-12-14-28(35)31(33)24(23)10-11-25(30)27(32)13-15-29(32)36/h6-9,12,14,25-27,29-30,35-36H,2-5,10-11,13,15-20H2,1H3/t25-,26+,27-,29?,30+,32-/m0/s1. The molecule has 2 saturated carbocycles. The van der Waals surface area contributed by atoms with Crippen molar-refractivity contribution in [3.63, 3.8) is 0 Å². The number of aliphatic hydroxyl groups is 1. The average Bonchev–Trinajstić information content (AvgIpc) is 3.06. The van der Waals surface area contributed by atoms with Crippen LogP contribution in [-0.4, -0.2) is 47.5 Å². The predicted molar refractivity (Wildman–Crippen MR) is 149 cm³/mol. The number of phenolic OH excluding ortho intramolecular Hbond substituents is 1. The number of halogens is 1. The molecule has 4 aliphatic rings. The molecule has 3 fully saturated rings. The first-order valence-electron chi connectivity index (χ1n) is 14.6. The van der Waals surface area contributed by atoms with Gasteiger partial charge in [-0.15, -0.1) is 0 Å². The molecule has 4 nitrogen and oxygen atoms in total. The van der Waals surface area contributed by atoms with Crippen LogP contribution in [-0.2, 0) is 6.42 Å². The Kier molecular flexibility index (Phi) is 7.20. The lowest BCUT2D eigenvalue weighted by Crippen LogP contribution is -2.47. The van der Waals surface area contributed by atoms with Crippen LogP contribution in [0.5, 0.6) is 11.5 Å². The van der Waals surface area contributed by atoms with Gasteiger partial charge in [0.05, 0.1) is 11.1 Å². The first-order chi connectivity index (χ1) is 18.0. The largest absolute Gasteiger partial charge is 0.506 e. The van der Waals surface area contributed by atoms with Crippen LogP contribution in [0.3, 0.4) is 0 Å². The zero-order valence-electron chi connectivity index (χ0n) is 22.2. The van der Waals surface area contributed by atoms with Crippen LogP contribution in [0.1, 0.15) is 86.8 Å². The number of hydrogen-bond donors (Lipinski definition) is 2. The normalized spacial score (nSPS) is 33.8. The highest BCUT2D eigenvalue weighted by molar-refractivity contribution is 6.32. The number of benzene rings is 2. The van der Waals surface area contributed by atoms with Gasteiger partial charge in [0.15, 0.2) is 0 Å². The summed E-state index contributed by atoms with van der Waals surface area (Å²) in [5.41, 5.74) is 3.71. The Morgan fingerprint density at radius 1 is 1.00 bits per heavy atom. The van der Waals surface area contributed by atoms with Crippen LogP contribution in [0.25, 0.3) is 0 Å². The second-order valence-corrected chi connectivity index (χ2v) is 12.8. The second kappa shape index (κ2) is 10.4. The van der Waals surface area contributed by atoms with Gasteiger partial charge in [-0.05, 0) is 122 Å². The Bertz CT molecular complexity index is 1100. The number of fused-ring (bicyclic) bond motifs is 5. The van der Waals surface area contributed by atoms with E-state index in [2.05, 4.69) is 42.2 Å². The minimum atomic E-state index is -0.229. The summed E-state index contributed by atoms with van der Waals surface area (Å²) in [7, 11) is 0. The predicted octanol–water partition coefficient (Wildman–Crippen LogP) is 6.91. The van der Waals surface area contributed by atoms with E-state index in [1.165, 1.54) is 49.9 Å². The van der Waals surface area contributed by atoms with E-state index in [0.717, 1.165) is 56.6 Å². The van der Waals surface area contributed by atoms with E-state index in [9.17, 15) is 10.2 Å². The first-order valence-corrected chi connectivity index (χ1v) is 15.0. The molecule has 2 aromatic carbocycles. The van der Waals surface area contributed by atoms with Crippen LogP contribution < -0.4 is 4.74 Å². The van der Waals surface area contributed by atoms with Crippen molar-refractivity contribution in [3.05, 3.63) is 58.1 Å². The fourth-order valence-corrected chi connectivity index (χ4v) is 8.77. The number of ether oxygens (including phenoxy) is 1. The van der Waals surface area contributed by atoms with Crippen LogP contribution >= 0.6 is 11.6 Å². The molecule has 3 aliphatic carbocycles. The Labute approximate surface area is 227 Å². The lowest BCUT2D eigenvalue weighted by molar-refractivity contribution is -0.0322. The minimum absolute atomic E-state index is 0.0492. The highest BCUT2D eigenvalue weighted by Crippen LogP contribution is 2.65. The second-order valence-electron chi connectivity index (χ2n) is 12.4. The Morgan fingerprint density at radius 2 is 1.76 bits per heavy atom. The third kappa shape index (κ3) is 4.68. The van der Waals surface area contributed by atoms with E-state index in [1.54, 1.807) is 6.07 Å². The summed E-state index contributed by atoms with van der Waals surface area (Å²) in [4.78, 5) is 2.54. The fraction of sp³-hybridized carbons (Fsp3) is 0.625. The summed E-state index contributed by atoms with van der Waals surface area (Å²) in [6.07, 6.45) is 10.1. The molecule has 6 atom stereocenters. The number of aliphatic hydroxyl groups excluding tert-OH is 1. The van der Waals surface area contributed by atoms with Crippen molar-refractivity contribution in [2.45, 2.75) is 82.7 Å². The van der Waals surface area contributed by atoms with E-state index in [-0.39, 0.29) is 17.3 Å². The van der Waals surface area contributed by atoms with Crippen molar-refractivity contribution >= 4 is 11.6 Å². The van der Waals surface area contributed by atoms with Gasteiger partial charge in [0.2, 0.25) is 0 Å². The quantitative estimate of drug-likeness (QED) is 0.447. The van der Waals surface area contributed by atoms with Gasteiger partial charge < -0.3 is 14.9 Å². The van der Waals surface area contributed by atoms with E-state index < -0.39 is 0 Å². The maximum Gasteiger partial charge on any atom is 0.134 e. The molecule has 37 heavy (non-hydrogen) atoms. The van der Waals surface area contributed by atoms with Crippen LogP contribution in [0.2, 0.25) is 5.02 Å². The number of hydrogen-bond acceptors (Lipinski definition) is 4. The van der Waals surface area contributed by atoms with E-state index in [1.807, 2.05) is 0 Å². The summed E-state index contributed by atoms with van der Waals surface area (Å²) in [6, 6.07) is 12.7. The van der Waals surface area contributed by atoms with Gasteiger partial charge in [-0.25, -0.2) is 0 Å². The van der Waals surface area contributed by atoms with Gasteiger partial charge in [-0.3, -0.25) is 4.90 Å². The Balaban J connectivity index is 1.24. The highest BCUT2D eigenvalue weighted by atomic mass is 35.5. The number of aromatic hydroxyl groups is 1. The zero-order valence-corrected chi connectivity index (χ0v) is 22.9. The van der Waals surface area contributed by atoms with E-state index in [4.69, 9.17) is 16.3 Å². The van der Waals surface area contributed by atoms with Gasteiger partial charge in [0.1, 0.15) is 18.1 Å². The zero-order chi connectivity index (χ0) is 25.6. The molecule has 0 amide bonds. The van der Waals surface area contributed by atoms with Gasteiger partial charge in [0.25, 0.3) is 0 Å². The third-order valence-corrected chi connectivity index (χ3v) is 10.9. The summed E-state index contributed by atoms with van der Waals surface area (Å²) in [5.74, 6) is 2.86. The monoisotopic (exact) mass is 523 g/mol. The molecule has 5 heteroatoms. The molecule has 0 radical (unpaired) electrons. The van der Waals surface area contributed by atoms with Gasteiger partial charge >= 0.3 is 0 Å². The smallest absolute Gasteiger partial charge is 0.134 e. The van der Waals surface area contributed by atoms with Gasteiger partial charge in [-0.1, -0.05) is 49.6 Å². The molecule has 1 aliphatic heterocycles. The summed E-state index contributed by atoms with van der Waals surface area (Å²) in [5, 5.41) is 21.9. The number of phenols is 1. The van der Waals surface area contributed by atoms with Crippen molar-refractivity contribution in [2.75, 3.05) is 26.2 Å². The van der Waals surface area contributed by atoms with E-state index >= 15 is 0 Å². The molecule has 200 valence electrons. The number of nitrogens with zero attached hydrogens (tertiary/aromatic N) is 1. The Morgan fingerprint density at radius 3 is 2.51 bits per heavy atom. The fourth-order valence-electron chi connectivity index (χ4n) is 8.50. The van der Waals surface area contributed by atoms with Crippen molar-refractivity contribution in [3.8, 4) is 11.5 Å². The molecule has 0 bridgehead atoms. The molecule has 1 unspecified atom stereocenters. The molecule has 1 saturated heterocycles. The van der Waals surface area contributed by atoms with Crippen molar-refractivity contribution in [2.24, 2.45) is 17.3 Å².